The van der Waals surface area contributed by atoms with Crippen LogP contribution in [0.4, 0.5) is 4.79 Å². The van der Waals surface area contributed by atoms with Gasteiger partial charge in [-0.15, -0.1) is 0 Å². The first-order valence-electron chi connectivity index (χ1n) is 9.13. The van der Waals surface area contributed by atoms with Crippen molar-refractivity contribution in [3.05, 3.63) is 51.3 Å². The van der Waals surface area contributed by atoms with E-state index in [2.05, 4.69) is 15.7 Å². The van der Waals surface area contributed by atoms with Crippen molar-refractivity contribution in [2.24, 2.45) is 7.05 Å². The molecular weight excluding hydrogens is 416 g/mol. The van der Waals surface area contributed by atoms with Crippen molar-refractivity contribution >= 4 is 29.6 Å². The number of nitrogens with one attached hydrogen (secondary N) is 2. The van der Waals surface area contributed by atoms with Crippen LogP contribution in [0.25, 0.3) is 0 Å². The first kappa shape index (κ1) is 21.4. The number of ether oxygens (including phenoxy) is 2. The molecule has 0 saturated heterocycles. The zero-order valence-corrected chi connectivity index (χ0v) is 17.6. The number of amides is 2. The monoisotopic (exact) mass is 436 g/mol. The van der Waals surface area contributed by atoms with E-state index in [1.165, 1.54) is 4.68 Å². The minimum atomic E-state index is -0.899. The van der Waals surface area contributed by atoms with Crippen LogP contribution in [0.5, 0.6) is 0 Å². The van der Waals surface area contributed by atoms with E-state index in [-0.39, 0.29) is 35.2 Å². The Bertz CT molecular complexity index is 1040. The van der Waals surface area contributed by atoms with Gasteiger partial charge in [0, 0.05) is 7.05 Å². The standard InChI is InChI=1S/C19H21ClN4O6/c1-5-28-18(26)14-11(8-29-17(25)13-10(3)23-24(4)16(13)20)21-19(27)22-15(14)12-7-6-9(2)30-12/h6-7,15H,5,8H2,1-4H3,(H2,21,22,27). The summed E-state index contributed by atoms with van der Waals surface area (Å²) in [5.74, 6) is -0.457. The molecule has 11 heteroatoms. The first-order chi connectivity index (χ1) is 14.2. The molecule has 2 N–H and O–H groups in total. The molecular formula is C19H21ClN4O6. The molecule has 0 radical (unpaired) electrons. The molecule has 3 rings (SSSR count). The molecule has 0 saturated carbocycles. The molecule has 0 spiro atoms. The average Bonchev–Trinajstić information content (AvgIpc) is 3.22. The topological polar surface area (TPSA) is 125 Å². The predicted octanol–water partition coefficient (Wildman–Crippen LogP) is 2.31. The normalized spacial score (nSPS) is 16.2. The summed E-state index contributed by atoms with van der Waals surface area (Å²) in [5, 5.41) is 9.32. The summed E-state index contributed by atoms with van der Waals surface area (Å²) in [6.07, 6.45) is 0. The number of halogens is 1. The number of aryl methyl sites for hydroxylation is 3. The van der Waals surface area contributed by atoms with Crippen LogP contribution >= 0.6 is 11.6 Å². The summed E-state index contributed by atoms with van der Waals surface area (Å²) in [6, 6.07) is 1.87. The van der Waals surface area contributed by atoms with Crippen LogP contribution in [0.3, 0.4) is 0 Å². The van der Waals surface area contributed by atoms with Gasteiger partial charge in [0.15, 0.2) is 0 Å². The maximum absolute atomic E-state index is 12.6. The van der Waals surface area contributed by atoms with E-state index in [1.807, 2.05) is 0 Å². The summed E-state index contributed by atoms with van der Waals surface area (Å²) in [7, 11) is 1.59. The predicted molar refractivity (Wildman–Crippen MR) is 105 cm³/mol. The van der Waals surface area contributed by atoms with Gasteiger partial charge in [0.1, 0.15) is 34.9 Å². The Balaban J connectivity index is 1.93. The zero-order chi connectivity index (χ0) is 22.0. The third kappa shape index (κ3) is 4.18. The zero-order valence-electron chi connectivity index (χ0n) is 16.9. The van der Waals surface area contributed by atoms with E-state index in [4.69, 9.17) is 25.5 Å². The molecule has 1 aliphatic rings. The number of hydrogen-bond donors (Lipinski definition) is 2. The largest absolute Gasteiger partial charge is 0.464 e. The minimum Gasteiger partial charge on any atom is -0.464 e. The van der Waals surface area contributed by atoms with Crippen molar-refractivity contribution in [2.45, 2.75) is 26.8 Å². The van der Waals surface area contributed by atoms with Gasteiger partial charge >= 0.3 is 18.0 Å². The highest BCUT2D eigenvalue weighted by Gasteiger charge is 2.36. The highest BCUT2D eigenvalue weighted by Crippen LogP contribution is 2.29. The van der Waals surface area contributed by atoms with Crippen LogP contribution in [0.15, 0.2) is 27.8 Å². The lowest BCUT2D eigenvalue weighted by molar-refractivity contribution is -0.139. The number of rotatable bonds is 6. The van der Waals surface area contributed by atoms with Crippen molar-refractivity contribution in [1.82, 2.24) is 20.4 Å². The van der Waals surface area contributed by atoms with Gasteiger partial charge in [0.05, 0.1) is 23.6 Å². The lowest BCUT2D eigenvalue weighted by Crippen LogP contribution is -2.47. The summed E-state index contributed by atoms with van der Waals surface area (Å²) < 4.78 is 17.4. The lowest BCUT2D eigenvalue weighted by atomic mass is 10.0. The van der Waals surface area contributed by atoms with Crippen molar-refractivity contribution in [1.29, 1.82) is 0 Å². The van der Waals surface area contributed by atoms with Gasteiger partial charge < -0.3 is 24.5 Å². The summed E-state index contributed by atoms with van der Waals surface area (Å²) >= 11 is 6.10. The molecule has 3 heterocycles. The Labute approximate surface area is 177 Å². The van der Waals surface area contributed by atoms with Crippen LogP contribution < -0.4 is 10.6 Å². The van der Waals surface area contributed by atoms with E-state index in [0.717, 1.165) is 0 Å². The second-order valence-electron chi connectivity index (χ2n) is 6.54. The van der Waals surface area contributed by atoms with Gasteiger partial charge in [0.2, 0.25) is 0 Å². The summed E-state index contributed by atoms with van der Waals surface area (Å²) in [6.45, 7) is 4.75. The van der Waals surface area contributed by atoms with Crippen molar-refractivity contribution in [3.8, 4) is 0 Å². The quantitative estimate of drug-likeness (QED) is 0.665. The lowest BCUT2D eigenvalue weighted by Gasteiger charge is -2.27. The number of esters is 2. The fourth-order valence-corrected chi connectivity index (χ4v) is 3.33. The number of carbonyl (C=O) groups excluding carboxylic acids is 3. The molecule has 2 amide bonds. The van der Waals surface area contributed by atoms with Crippen LogP contribution in [-0.2, 0) is 21.3 Å². The highest BCUT2D eigenvalue weighted by molar-refractivity contribution is 6.32. The fourth-order valence-electron chi connectivity index (χ4n) is 3.08. The van der Waals surface area contributed by atoms with Crippen LogP contribution in [0, 0.1) is 13.8 Å². The number of nitrogens with zero attached hydrogens (tertiary/aromatic N) is 2. The molecule has 1 aliphatic heterocycles. The van der Waals surface area contributed by atoms with Crippen molar-refractivity contribution in [3.63, 3.8) is 0 Å². The number of urea groups is 1. The highest BCUT2D eigenvalue weighted by atomic mass is 35.5. The Morgan fingerprint density at radius 1 is 1.27 bits per heavy atom. The van der Waals surface area contributed by atoms with Crippen LogP contribution in [0.2, 0.25) is 5.15 Å². The molecule has 2 aromatic rings. The molecule has 160 valence electrons. The van der Waals surface area contributed by atoms with E-state index in [0.29, 0.717) is 17.2 Å². The number of hydrogen-bond acceptors (Lipinski definition) is 7. The smallest absolute Gasteiger partial charge is 0.343 e. The third-order valence-corrected chi connectivity index (χ3v) is 4.83. The van der Waals surface area contributed by atoms with Crippen LogP contribution in [-0.4, -0.2) is 41.0 Å². The fraction of sp³-hybridized carbons (Fsp3) is 0.368. The van der Waals surface area contributed by atoms with Gasteiger partial charge in [-0.1, -0.05) is 11.6 Å². The summed E-state index contributed by atoms with van der Waals surface area (Å²) in [4.78, 5) is 37.4. The van der Waals surface area contributed by atoms with Gasteiger partial charge in [-0.2, -0.15) is 5.10 Å². The third-order valence-electron chi connectivity index (χ3n) is 4.40. The van der Waals surface area contributed by atoms with Crippen LogP contribution in [0.1, 0.15) is 40.5 Å². The van der Waals surface area contributed by atoms with Gasteiger partial charge in [-0.05, 0) is 32.9 Å². The van der Waals surface area contributed by atoms with Gasteiger partial charge in [-0.25, -0.2) is 14.4 Å². The molecule has 0 fully saturated rings. The molecule has 1 unspecified atom stereocenters. The Morgan fingerprint density at radius 3 is 2.57 bits per heavy atom. The van der Waals surface area contributed by atoms with E-state index >= 15 is 0 Å². The number of carbonyl (C=O) groups is 3. The second-order valence-corrected chi connectivity index (χ2v) is 6.90. The average molecular weight is 437 g/mol. The SMILES string of the molecule is CCOC(=O)C1=C(COC(=O)c2c(C)nn(C)c2Cl)NC(=O)NC1c1ccc(C)o1. The Kier molecular flexibility index (Phi) is 6.16. The molecule has 1 atom stereocenters. The Morgan fingerprint density at radius 2 is 2.00 bits per heavy atom. The van der Waals surface area contributed by atoms with Crippen molar-refractivity contribution < 1.29 is 28.3 Å². The maximum atomic E-state index is 12.6. The van der Waals surface area contributed by atoms with Gasteiger partial charge in [-0.3, -0.25) is 4.68 Å². The first-order valence-corrected chi connectivity index (χ1v) is 9.50. The van der Waals surface area contributed by atoms with E-state index in [1.54, 1.807) is 40.0 Å². The Hall–Kier alpha value is -3.27. The number of aromatic nitrogens is 2. The molecule has 2 aromatic heterocycles. The van der Waals surface area contributed by atoms with E-state index < -0.39 is 24.0 Å². The maximum Gasteiger partial charge on any atom is 0.343 e. The summed E-state index contributed by atoms with van der Waals surface area (Å²) in [5.41, 5.74) is 0.663. The number of furan rings is 1. The second kappa shape index (κ2) is 8.62. The molecule has 0 bridgehead atoms. The van der Waals surface area contributed by atoms with E-state index in [9.17, 15) is 14.4 Å². The molecule has 30 heavy (non-hydrogen) atoms. The van der Waals surface area contributed by atoms with Crippen molar-refractivity contribution in [2.75, 3.05) is 13.2 Å². The molecule has 0 aromatic carbocycles. The molecule has 10 nitrogen and oxygen atoms in total. The van der Waals surface area contributed by atoms with Gasteiger partial charge in [0.25, 0.3) is 0 Å². The minimum absolute atomic E-state index is 0.0765. The molecule has 0 aliphatic carbocycles.